The van der Waals surface area contributed by atoms with Crippen molar-refractivity contribution in [3.05, 3.63) is 29.8 Å². The summed E-state index contributed by atoms with van der Waals surface area (Å²) in [4.78, 5) is 0.0370. The van der Waals surface area contributed by atoms with Gasteiger partial charge in [0, 0.05) is 4.90 Å². The molecular weight excluding hydrogens is 165 g/mol. The van der Waals surface area contributed by atoms with E-state index in [4.69, 9.17) is 0 Å². The summed E-state index contributed by atoms with van der Waals surface area (Å²) in [6.07, 6.45) is 0. The molecule has 0 aliphatic carbocycles. The van der Waals surface area contributed by atoms with Crippen molar-refractivity contribution in [2.45, 2.75) is 4.90 Å². The fourth-order valence-electron chi connectivity index (χ4n) is 0.486. The Morgan fingerprint density at radius 2 is 1.80 bits per heavy atom. The molecule has 0 atom stereocenters. The van der Waals surface area contributed by atoms with E-state index in [9.17, 15) is 8.78 Å². The van der Waals surface area contributed by atoms with Gasteiger partial charge >= 0.3 is 29.6 Å². The molecule has 0 saturated heterocycles. The van der Waals surface area contributed by atoms with E-state index < -0.39 is 11.6 Å². The average Bonchev–Trinajstić information content (AvgIpc) is 1.80. The summed E-state index contributed by atoms with van der Waals surface area (Å²) in [5, 5.41) is 0. The topological polar surface area (TPSA) is 0 Å². The zero-order valence-electron chi connectivity index (χ0n) is 4.44. The number of hydrogen-bond acceptors (Lipinski definition) is 1. The third-order valence-corrected chi connectivity index (χ3v) is 1.25. The molecule has 0 aliphatic rings. The summed E-state index contributed by atoms with van der Waals surface area (Å²) in [5.41, 5.74) is 0. The maximum atomic E-state index is 12.3. The second-order valence-electron chi connectivity index (χ2n) is 1.60. The van der Waals surface area contributed by atoms with Gasteiger partial charge in [-0.05, 0) is 18.2 Å². The van der Waals surface area contributed by atoms with Gasteiger partial charge in [0.15, 0.2) is 0 Å². The Labute approximate surface area is 85.3 Å². The summed E-state index contributed by atoms with van der Waals surface area (Å²) < 4.78 is 24.4. The first-order chi connectivity index (χ1) is 4.20. The van der Waals surface area contributed by atoms with Crippen molar-refractivity contribution >= 4 is 42.2 Å². The summed E-state index contributed by atoms with van der Waals surface area (Å²) >= 11 is 3.65. The van der Waals surface area contributed by atoms with Crippen LogP contribution in [0.5, 0.6) is 0 Å². The Balaban J connectivity index is 0.000000810. The van der Waals surface area contributed by atoms with Gasteiger partial charge in [0.2, 0.25) is 0 Å². The Kier molecular flexibility index (Phi) is 4.52. The van der Waals surface area contributed by atoms with Crippen LogP contribution in [0.4, 0.5) is 8.78 Å². The van der Waals surface area contributed by atoms with Gasteiger partial charge in [-0.25, -0.2) is 8.78 Å². The van der Waals surface area contributed by atoms with Crippen molar-refractivity contribution < 1.29 is 8.78 Å². The van der Waals surface area contributed by atoms with Gasteiger partial charge in [-0.2, -0.15) is 0 Å². The molecule has 1 rings (SSSR count). The predicted molar refractivity (Wildman–Crippen MR) is 40.8 cm³/mol. The van der Waals surface area contributed by atoms with Crippen molar-refractivity contribution in [1.82, 2.24) is 0 Å². The first-order valence-corrected chi connectivity index (χ1v) is 2.79. The third-order valence-electron chi connectivity index (χ3n) is 0.908. The van der Waals surface area contributed by atoms with Crippen LogP contribution in [-0.4, -0.2) is 29.6 Å². The molecule has 0 N–H and O–H groups in total. The Bertz CT molecular complexity index is 227. The van der Waals surface area contributed by atoms with Crippen molar-refractivity contribution in [3.8, 4) is 0 Å². The molecule has 10 heavy (non-hydrogen) atoms. The van der Waals surface area contributed by atoms with E-state index in [0.29, 0.717) is 0 Å². The number of hydrogen-bond donors (Lipinski definition) is 1. The number of thiol groups is 1. The average molecular weight is 170 g/mol. The first kappa shape index (κ1) is 10.4. The maximum absolute atomic E-state index is 12.3. The third kappa shape index (κ3) is 2.58. The molecule has 0 bridgehead atoms. The Morgan fingerprint density at radius 3 is 2.20 bits per heavy atom. The number of benzene rings is 1. The summed E-state index contributed by atoms with van der Waals surface area (Å²) in [5.74, 6) is -0.971. The van der Waals surface area contributed by atoms with Crippen molar-refractivity contribution in [1.29, 1.82) is 0 Å². The second kappa shape index (κ2) is 4.34. The molecule has 0 saturated carbocycles. The van der Waals surface area contributed by atoms with Gasteiger partial charge in [0.25, 0.3) is 0 Å². The van der Waals surface area contributed by atoms with Gasteiger partial charge in [-0.15, -0.1) is 12.6 Å². The van der Waals surface area contributed by atoms with Crippen LogP contribution in [0.2, 0.25) is 0 Å². The van der Waals surface area contributed by atoms with Gasteiger partial charge in [0.1, 0.15) is 11.6 Å². The molecule has 1 aromatic carbocycles. The van der Waals surface area contributed by atoms with Crippen LogP contribution in [0.15, 0.2) is 23.1 Å². The van der Waals surface area contributed by atoms with Gasteiger partial charge in [-0.3, -0.25) is 0 Å². The van der Waals surface area contributed by atoms with E-state index in [1.54, 1.807) is 0 Å². The van der Waals surface area contributed by atoms with Crippen molar-refractivity contribution in [2.24, 2.45) is 0 Å². The van der Waals surface area contributed by atoms with Gasteiger partial charge in [-0.1, -0.05) is 0 Å². The predicted octanol–water partition coefficient (Wildman–Crippen LogP) is 1.61. The van der Waals surface area contributed by atoms with E-state index in [1.165, 1.54) is 0 Å². The SMILES string of the molecule is Fc1ccc(F)c(S)c1.[NaH]. The molecular formula is C6H5F2NaS. The molecule has 0 nitrogen and oxygen atoms in total. The van der Waals surface area contributed by atoms with Crippen molar-refractivity contribution in [3.63, 3.8) is 0 Å². The quantitative estimate of drug-likeness (QED) is 0.443. The van der Waals surface area contributed by atoms with E-state index in [0.717, 1.165) is 18.2 Å². The molecule has 0 aliphatic heterocycles. The fraction of sp³-hybridized carbons (Fsp3) is 0. The minimum atomic E-state index is -0.500. The summed E-state index contributed by atoms with van der Waals surface area (Å²) in [7, 11) is 0. The first-order valence-electron chi connectivity index (χ1n) is 2.34. The summed E-state index contributed by atoms with van der Waals surface area (Å²) in [6.45, 7) is 0. The Morgan fingerprint density at radius 1 is 1.20 bits per heavy atom. The van der Waals surface area contributed by atoms with Crippen LogP contribution < -0.4 is 0 Å². The molecule has 0 radical (unpaired) electrons. The normalized spacial score (nSPS) is 8.70. The molecule has 0 heterocycles. The van der Waals surface area contributed by atoms with Crippen LogP contribution >= 0.6 is 12.6 Å². The summed E-state index contributed by atoms with van der Waals surface area (Å²) in [6, 6.07) is 3.12. The molecule has 1 aromatic rings. The molecule has 50 valence electrons. The molecule has 0 amide bonds. The molecule has 0 fully saturated rings. The van der Waals surface area contributed by atoms with E-state index >= 15 is 0 Å². The van der Waals surface area contributed by atoms with E-state index in [2.05, 4.69) is 12.6 Å². The Hall–Kier alpha value is 0.430. The zero-order valence-corrected chi connectivity index (χ0v) is 5.33. The van der Waals surface area contributed by atoms with Crippen LogP contribution in [-0.2, 0) is 0 Å². The van der Waals surface area contributed by atoms with Crippen LogP contribution in [0.3, 0.4) is 0 Å². The van der Waals surface area contributed by atoms with Gasteiger partial charge in [0.05, 0.1) is 0 Å². The minimum absolute atomic E-state index is 0. The van der Waals surface area contributed by atoms with Crippen molar-refractivity contribution in [2.75, 3.05) is 0 Å². The van der Waals surface area contributed by atoms with Crippen LogP contribution in [0.1, 0.15) is 0 Å². The number of halogens is 2. The molecule has 4 heteroatoms. The van der Waals surface area contributed by atoms with Gasteiger partial charge < -0.3 is 0 Å². The second-order valence-corrected chi connectivity index (χ2v) is 2.08. The monoisotopic (exact) mass is 170 g/mol. The van der Waals surface area contributed by atoms with Crippen LogP contribution in [0.25, 0.3) is 0 Å². The van der Waals surface area contributed by atoms with Crippen LogP contribution in [0, 0.1) is 11.6 Å². The fourth-order valence-corrected chi connectivity index (χ4v) is 0.684. The standard InChI is InChI=1S/C6H4F2S.Na.H/c7-4-1-2-5(8)6(9)3-4;;/h1-3,9H;;. The number of rotatable bonds is 0. The zero-order chi connectivity index (χ0) is 6.85. The van der Waals surface area contributed by atoms with E-state index in [1.807, 2.05) is 0 Å². The molecule has 0 aromatic heterocycles. The molecule has 0 spiro atoms. The molecule has 0 unspecified atom stereocenters. The van der Waals surface area contributed by atoms with E-state index in [-0.39, 0.29) is 34.5 Å².